The highest BCUT2D eigenvalue weighted by atomic mass is 79.9. The molecule has 0 radical (unpaired) electrons. The molecule has 0 atom stereocenters. The Morgan fingerprint density at radius 2 is 1.76 bits per heavy atom. The first-order chi connectivity index (χ1) is 14.0. The molecule has 0 unspecified atom stereocenters. The van der Waals surface area contributed by atoms with Crippen LogP contribution in [-0.4, -0.2) is 29.9 Å². The van der Waals surface area contributed by atoms with E-state index in [-0.39, 0.29) is 11.7 Å². The summed E-state index contributed by atoms with van der Waals surface area (Å²) in [5.41, 5.74) is 1.50. The van der Waals surface area contributed by atoms with Crippen LogP contribution in [0.15, 0.2) is 63.8 Å². The summed E-state index contributed by atoms with van der Waals surface area (Å²) in [4.78, 5) is 31.3. The number of anilines is 3. The molecule has 0 fully saturated rings. The van der Waals surface area contributed by atoms with Gasteiger partial charge in [-0.05, 0) is 72.2 Å². The van der Waals surface area contributed by atoms with Crippen LogP contribution < -0.4 is 15.5 Å². The van der Waals surface area contributed by atoms with Crippen molar-refractivity contribution >= 4 is 44.9 Å². The number of aromatic nitrogens is 1. The second kappa shape index (κ2) is 9.38. The summed E-state index contributed by atoms with van der Waals surface area (Å²) in [7, 11) is 0. The molecule has 0 spiro atoms. The minimum atomic E-state index is -0.399. The van der Waals surface area contributed by atoms with Gasteiger partial charge < -0.3 is 20.0 Å². The minimum absolute atomic E-state index is 0.172. The third kappa shape index (κ3) is 5.23. The number of carbonyl (C=O) groups excluding carboxylic acids is 2. The van der Waals surface area contributed by atoms with Gasteiger partial charge in [0.05, 0.1) is 11.9 Å². The average molecular weight is 457 g/mol. The smallest absolute Gasteiger partial charge is 0.291 e. The number of amides is 2. The van der Waals surface area contributed by atoms with E-state index >= 15 is 0 Å². The fraction of sp³-hybridized carbons (Fsp3) is 0.190. The molecule has 150 valence electrons. The Kier molecular flexibility index (Phi) is 6.66. The van der Waals surface area contributed by atoms with Gasteiger partial charge in [0.2, 0.25) is 0 Å². The zero-order valence-corrected chi connectivity index (χ0v) is 17.7. The summed E-state index contributed by atoms with van der Waals surface area (Å²) < 4.78 is 5.70. The molecule has 2 amide bonds. The SMILES string of the molecule is CCN(CC)c1ccc(NC(=O)c2cccc(NC(=O)c3ccc(Br)o3)c2)cn1. The summed E-state index contributed by atoms with van der Waals surface area (Å²) >= 11 is 3.16. The van der Waals surface area contributed by atoms with Crippen molar-refractivity contribution in [2.45, 2.75) is 13.8 Å². The van der Waals surface area contributed by atoms with Gasteiger partial charge in [0.15, 0.2) is 10.4 Å². The van der Waals surface area contributed by atoms with Gasteiger partial charge in [-0.1, -0.05) is 6.07 Å². The molecule has 2 heterocycles. The normalized spacial score (nSPS) is 10.4. The van der Waals surface area contributed by atoms with Crippen LogP contribution >= 0.6 is 15.9 Å². The van der Waals surface area contributed by atoms with E-state index in [0.717, 1.165) is 18.9 Å². The molecule has 0 aliphatic carbocycles. The molecule has 3 aromatic rings. The van der Waals surface area contributed by atoms with Crippen molar-refractivity contribution in [3.8, 4) is 0 Å². The van der Waals surface area contributed by atoms with E-state index < -0.39 is 5.91 Å². The molecule has 0 aliphatic rings. The van der Waals surface area contributed by atoms with Gasteiger partial charge in [-0.2, -0.15) is 0 Å². The van der Waals surface area contributed by atoms with Gasteiger partial charge in [0.25, 0.3) is 11.8 Å². The molecule has 0 aliphatic heterocycles. The largest absolute Gasteiger partial charge is 0.444 e. The van der Waals surface area contributed by atoms with Crippen LogP contribution in [0.4, 0.5) is 17.2 Å². The van der Waals surface area contributed by atoms with Gasteiger partial charge in [-0.15, -0.1) is 0 Å². The van der Waals surface area contributed by atoms with Gasteiger partial charge in [-0.3, -0.25) is 9.59 Å². The molecule has 8 heteroatoms. The lowest BCUT2D eigenvalue weighted by Gasteiger charge is -2.19. The highest BCUT2D eigenvalue weighted by Crippen LogP contribution is 2.18. The Hall–Kier alpha value is -3.13. The first-order valence-electron chi connectivity index (χ1n) is 9.19. The number of nitrogens with one attached hydrogen (secondary N) is 2. The van der Waals surface area contributed by atoms with Crippen LogP contribution in [-0.2, 0) is 0 Å². The van der Waals surface area contributed by atoms with Gasteiger partial charge >= 0.3 is 0 Å². The van der Waals surface area contributed by atoms with Crippen molar-refractivity contribution in [2.24, 2.45) is 0 Å². The van der Waals surface area contributed by atoms with E-state index in [9.17, 15) is 9.59 Å². The van der Waals surface area contributed by atoms with E-state index in [1.165, 1.54) is 0 Å². The molecule has 2 aromatic heterocycles. The number of hydrogen-bond acceptors (Lipinski definition) is 5. The van der Waals surface area contributed by atoms with E-state index in [2.05, 4.69) is 50.3 Å². The first kappa shape index (κ1) is 20.6. The second-order valence-electron chi connectivity index (χ2n) is 6.17. The fourth-order valence-electron chi connectivity index (χ4n) is 2.77. The van der Waals surface area contributed by atoms with Crippen molar-refractivity contribution < 1.29 is 14.0 Å². The van der Waals surface area contributed by atoms with Gasteiger partial charge in [-0.25, -0.2) is 4.98 Å². The molecule has 2 N–H and O–H groups in total. The predicted molar refractivity (Wildman–Crippen MR) is 117 cm³/mol. The number of carbonyl (C=O) groups is 2. The number of benzene rings is 1. The predicted octanol–water partition coefficient (Wildman–Crippen LogP) is 4.79. The maximum atomic E-state index is 12.6. The number of pyridine rings is 1. The molecule has 1 aromatic carbocycles. The van der Waals surface area contributed by atoms with E-state index in [1.807, 2.05) is 12.1 Å². The maximum absolute atomic E-state index is 12.6. The maximum Gasteiger partial charge on any atom is 0.291 e. The first-order valence-corrected chi connectivity index (χ1v) is 9.98. The number of furan rings is 1. The lowest BCUT2D eigenvalue weighted by molar-refractivity contribution is 0.0992. The molecule has 0 saturated carbocycles. The molecular weight excluding hydrogens is 436 g/mol. The van der Waals surface area contributed by atoms with Crippen molar-refractivity contribution in [2.75, 3.05) is 28.6 Å². The summed E-state index contributed by atoms with van der Waals surface area (Å²) in [6.07, 6.45) is 1.63. The highest BCUT2D eigenvalue weighted by molar-refractivity contribution is 9.10. The lowest BCUT2D eigenvalue weighted by atomic mass is 10.2. The summed E-state index contributed by atoms with van der Waals surface area (Å²) in [6.45, 7) is 5.86. The summed E-state index contributed by atoms with van der Waals surface area (Å²) in [5, 5.41) is 5.53. The Bertz CT molecular complexity index is 997. The van der Waals surface area contributed by atoms with Crippen molar-refractivity contribution in [3.05, 3.63) is 70.7 Å². The Balaban J connectivity index is 1.67. The average Bonchev–Trinajstić information content (AvgIpc) is 3.17. The van der Waals surface area contributed by atoms with Crippen LogP contribution in [0.25, 0.3) is 0 Å². The lowest BCUT2D eigenvalue weighted by Crippen LogP contribution is -2.22. The van der Waals surface area contributed by atoms with Gasteiger partial charge in [0, 0.05) is 24.3 Å². The number of hydrogen-bond donors (Lipinski definition) is 2. The molecule has 7 nitrogen and oxygen atoms in total. The quantitative estimate of drug-likeness (QED) is 0.533. The monoisotopic (exact) mass is 456 g/mol. The third-order valence-electron chi connectivity index (χ3n) is 4.27. The molecule has 0 saturated heterocycles. The van der Waals surface area contributed by atoms with Crippen LogP contribution in [0, 0.1) is 0 Å². The second-order valence-corrected chi connectivity index (χ2v) is 6.95. The number of rotatable bonds is 7. The summed E-state index contributed by atoms with van der Waals surface area (Å²) in [6, 6.07) is 13.6. The zero-order chi connectivity index (χ0) is 20.8. The van der Waals surface area contributed by atoms with Crippen molar-refractivity contribution in [1.82, 2.24) is 4.98 Å². The molecule has 0 bridgehead atoms. The van der Waals surface area contributed by atoms with Crippen LogP contribution in [0.1, 0.15) is 34.8 Å². The molecular formula is C21H21BrN4O3. The van der Waals surface area contributed by atoms with Crippen LogP contribution in [0.3, 0.4) is 0 Å². The molecule has 3 rings (SSSR count). The van der Waals surface area contributed by atoms with Crippen molar-refractivity contribution in [1.29, 1.82) is 0 Å². The van der Waals surface area contributed by atoms with E-state index in [1.54, 1.807) is 42.6 Å². The molecule has 29 heavy (non-hydrogen) atoms. The summed E-state index contributed by atoms with van der Waals surface area (Å²) in [5.74, 6) is 0.344. The number of halogens is 1. The zero-order valence-electron chi connectivity index (χ0n) is 16.1. The van der Waals surface area contributed by atoms with Crippen molar-refractivity contribution in [3.63, 3.8) is 0 Å². The third-order valence-corrected chi connectivity index (χ3v) is 4.70. The fourth-order valence-corrected chi connectivity index (χ4v) is 3.07. The standard InChI is InChI=1S/C21H21BrN4O3/c1-3-26(4-2)19-11-8-16(13-23-19)25-20(27)14-6-5-7-15(12-14)24-21(28)17-9-10-18(22)29-17/h5-13H,3-4H2,1-2H3,(H,24,28)(H,25,27). The topological polar surface area (TPSA) is 87.5 Å². The number of nitrogens with zero attached hydrogens (tertiary/aromatic N) is 2. The van der Waals surface area contributed by atoms with Crippen LogP contribution in [0.5, 0.6) is 0 Å². The van der Waals surface area contributed by atoms with E-state index in [0.29, 0.717) is 21.6 Å². The van der Waals surface area contributed by atoms with Crippen LogP contribution in [0.2, 0.25) is 0 Å². The minimum Gasteiger partial charge on any atom is -0.444 e. The Morgan fingerprint density at radius 1 is 1.00 bits per heavy atom. The Morgan fingerprint density at radius 3 is 2.38 bits per heavy atom. The Labute approximate surface area is 177 Å². The van der Waals surface area contributed by atoms with E-state index in [4.69, 9.17) is 4.42 Å². The van der Waals surface area contributed by atoms with Gasteiger partial charge in [0.1, 0.15) is 5.82 Å². The highest BCUT2D eigenvalue weighted by Gasteiger charge is 2.13.